The van der Waals surface area contributed by atoms with Crippen molar-refractivity contribution in [3.8, 4) is 11.3 Å². The van der Waals surface area contributed by atoms with Gasteiger partial charge in [-0.3, -0.25) is 0 Å². The van der Waals surface area contributed by atoms with Crippen molar-refractivity contribution >= 4 is 11.5 Å². The monoisotopic (exact) mass is 266 g/mol. The van der Waals surface area contributed by atoms with Crippen LogP contribution >= 0.6 is 0 Å². The predicted molar refractivity (Wildman–Crippen MR) is 78.3 cm³/mol. The molecule has 1 aromatic carbocycles. The standard InChI is InChI=1S/C16H15N3O/c1-2-20-16(17)13-8-6-12(7-9-13)14-11-19-10-4-3-5-15(19)18-14/h3-11,17H,2H2,1H3/p+1. The Morgan fingerprint density at radius 1 is 1.20 bits per heavy atom. The van der Waals surface area contributed by atoms with Crippen molar-refractivity contribution in [1.29, 1.82) is 0 Å². The summed E-state index contributed by atoms with van der Waals surface area (Å²) in [7, 11) is 0. The van der Waals surface area contributed by atoms with Crippen molar-refractivity contribution in [3.63, 3.8) is 0 Å². The number of imidazole rings is 1. The molecule has 0 unspecified atom stereocenters. The second kappa shape index (κ2) is 5.17. The van der Waals surface area contributed by atoms with Gasteiger partial charge in [0.25, 0.3) is 0 Å². The molecule has 0 aliphatic heterocycles. The Bertz CT molecular complexity index is 711. The number of rotatable bonds is 3. The fourth-order valence-electron chi connectivity index (χ4n) is 2.12. The van der Waals surface area contributed by atoms with E-state index >= 15 is 0 Å². The molecular formula is C16H16N3O+. The van der Waals surface area contributed by atoms with Gasteiger partial charge in [0.05, 0.1) is 17.9 Å². The van der Waals surface area contributed by atoms with Crippen LogP contribution in [0.4, 0.5) is 0 Å². The summed E-state index contributed by atoms with van der Waals surface area (Å²) in [5.74, 6) is 0.453. The summed E-state index contributed by atoms with van der Waals surface area (Å²) in [6.45, 7) is 2.48. The van der Waals surface area contributed by atoms with E-state index in [1.165, 1.54) is 0 Å². The van der Waals surface area contributed by atoms with Gasteiger partial charge in [0.1, 0.15) is 5.65 Å². The third-order valence-corrected chi connectivity index (χ3v) is 3.13. The smallest absolute Gasteiger partial charge is 0.366 e. The molecule has 0 radical (unpaired) electrons. The summed E-state index contributed by atoms with van der Waals surface area (Å²) in [5.41, 5.74) is 3.82. The summed E-state index contributed by atoms with van der Waals surface area (Å²) < 4.78 is 7.30. The van der Waals surface area contributed by atoms with Crippen LogP contribution in [0.15, 0.2) is 54.9 Å². The fraction of sp³-hybridized carbons (Fsp3) is 0.125. The molecule has 0 amide bonds. The topological polar surface area (TPSA) is 52.1 Å². The van der Waals surface area contributed by atoms with Gasteiger partial charge in [-0.1, -0.05) is 18.2 Å². The molecule has 0 saturated carbocycles. The van der Waals surface area contributed by atoms with Crippen LogP contribution in [0.1, 0.15) is 12.5 Å². The van der Waals surface area contributed by atoms with Gasteiger partial charge in [-0.2, -0.15) is 0 Å². The minimum atomic E-state index is 0.453. The third kappa shape index (κ3) is 2.28. The second-order valence-electron chi connectivity index (χ2n) is 4.47. The molecule has 0 atom stereocenters. The molecule has 100 valence electrons. The molecule has 0 spiro atoms. The highest BCUT2D eigenvalue weighted by atomic mass is 16.5. The van der Waals surface area contributed by atoms with E-state index in [2.05, 4.69) is 4.98 Å². The van der Waals surface area contributed by atoms with Crippen LogP contribution < -0.4 is 5.41 Å². The normalized spacial score (nSPS) is 10.7. The average molecular weight is 266 g/mol. The summed E-state index contributed by atoms with van der Waals surface area (Å²) in [6, 6.07) is 13.9. The Morgan fingerprint density at radius 3 is 2.70 bits per heavy atom. The van der Waals surface area contributed by atoms with Crippen molar-refractivity contribution in [2.24, 2.45) is 0 Å². The Morgan fingerprint density at radius 2 is 2.00 bits per heavy atom. The van der Waals surface area contributed by atoms with Gasteiger partial charge in [-0.05, 0) is 31.2 Å². The van der Waals surface area contributed by atoms with Crippen LogP contribution in [-0.2, 0) is 4.74 Å². The molecule has 2 N–H and O–H groups in total. The highest BCUT2D eigenvalue weighted by Crippen LogP contribution is 2.19. The lowest BCUT2D eigenvalue weighted by Gasteiger charge is -2.01. The average Bonchev–Trinajstić information content (AvgIpc) is 2.91. The van der Waals surface area contributed by atoms with Crippen LogP contribution in [0.3, 0.4) is 0 Å². The number of hydrogen-bond donors (Lipinski definition) is 1. The van der Waals surface area contributed by atoms with E-state index in [4.69, 9.17) is 10.1 Å². The Kier molecular flexibility index (Phi) is 3.21. The quantitative estimate of drug-likeness (QED) is 0.577. The molecule has 0 aliphatic rings. The number of nitrogens with two attached hydrogens (primary N) is 1. The van der Waals surface area contributed by atoms with Gasteiger partial charge in [-0.25, -0.2) is 10.4 Å². The Hall–Kier alpha value is -2.62. The maximum absolute atomic E-state index is 5.83. The molecular weight excluding hydrogens is 250 g/mol. The summed E-state index contributed by atoms with van der Waals surface area (Å²) in [6.07, 6.45) is 4.00. The van der Waals surface area contributed by atoms with Crippen molar-refractivity contribution in [1.82, 2.24) is 9.38 Å². The van der Waals surface area contributed by atoms with Gasteiger partial charge >= 0.3 is 5.90 Å². The molecule has 20 heavy (non-hydrogen) atoms. The van der Waals surface area contributed by atoms with Crippen molar-refractivity contribution < 1.29 is 10.1 Å². The Balaban J connectivity index is 1.92. The second-order valence-corrected chi connectivity index (χ2v) is 4.47. The minimum absolute atomic E-state index is 0.453. The third-order valence-electron chi connectivity index (χ3n) is 3.13. The zero-order valence-corrected chi connectivity index (χ0v) is 11.3. The number of ether oxygens (including phenoxy) is 1. The molecule has 0 aliphatic carbocycles. The lowest BCUT2D eigenvalue weighted by Crippen LogP contribution is -2.42. The van der Waals surface area contributed by atoms with E-state index < -0.39 is 0 Å². The van der Waals surface area contributed by atoms with Crippen molar-refractivity contribution in [3.05, 3.63) is 60.4 Å². The molecule has 0 bridgehead atoms. The van der Waals surface area contributed by atoms with Gasteiger partial charge < -0.3 is 9.14 Å². The van der Waals surface area contributed by atoms with Crippen molar-refractivity contribution in [2.75, 3.05) is 6.61 Å². The number of nitrogens with zero attached hydrogens (tertiary/aromatic N) is 2. The summed E-state index contributed by atoms with van der Waals surface area (Å²) >= 11 is 0. The number of pyridine rings is 1. The predicted octanol–water partition coefficient (Wildman–Crippen LogP) is 1.54. The first-order valence-electron chi connectivity index (χ1n) is 6.57. The van der Waals surface area contributed by atoms with Gasteiger partial charge in [0, 0.05) is 18.0 Å². The highest BCUT2D eigenvalue weighted by Gasteiger charge is 2.09. The molecule has 4 heteroatoms. The molecule has 0 saturated heterocycles. The molecule has 4 nitrogen and oxygen atoms in total. The van der Waals surface area contributed by atoms with E-state index in [9.17, 15) is 0 Å². The van der Waals surface area contributed by atoms with Crippen LogP contribution in [0.2, 0.25) is 0 Å². The number of fused-ring (bicyclic) bond motifs is 1. The van der Waals surface area contributed by atoms with E-state index in [0.29, 0.717) is 12.5 Å². The maximum Gasteiger partial charge on any atom is 0.366 e. The molecule has 2 aromatic heterocycles. The molecule has 2 heterocycles. The first-order chi connectivity index (χ1) is 9.78. The summed E-state index contributed by atoms with van der Waals surface area (Å²) in [4.78, 5) is 4.59. The van der Waals surface area contributed by atoms with E-state index in [-0.39, 0.29) is 0 Å². The molecule has 0 fully saturated rings. The fourth-order valence-corrected chi connectivity index (χ4v) is 2.12. The van der Waals surface area contributed by atoms with Gasteiger partial charge in [-0.15, -0.1) is 0 Å². The SMILES string of the molecule is CCOC(=[NH2+])c1ccc(-c2cn3ccccc3n2)cc1. The molecule has 3 rings (SSSR count). The van der Waals surface area contributed by atoms with E-state index in [0.717, 1.165) is 22.5 Å². The first-order valence-corrected chi connectivity index (χ1v) is 6.57. The number of benzene rings is 1. The van der Waals surface area contributed by atoms with Crippen LogP contribution in [0.5, 0.6) is 0 Å². The lowest BCUT2D eigenvalue weighted by molar-refractivity contribution is -0.138. The van der Waals surface area contributed by atoms with Crippen molar-refractivity contribution in [2.45, 2.75) is 6.92 Å². The van der Waals surface area contributed by atoms with E-state index in [1.54, 1.807) is 0 Å². The van der Waals surface area contributed by atoms with Crippen LogP contribution in [0, 0.1) is 0 Å². The zero-order valence-electron chi connectivity index (χ0n) is 11.3. The highest BCUT2D eigenvalue weighted by molar-refractivity contribution is 5.89. The van der Waals surface area contributed by atoms with Crippen LogP contribution in [-0.4, -0.2) is 21.9 Å². The number of aromatic nitrogens is 2. The number of hydrogen-bond acceptors (Lipinski definition) is 2. The Labute approximate surface area is 117 Å². The lowest BCUT2D eigenvalue weighted by atomic mass is 10.1. The summed E-state index contributed by atoms with van der Waals surface area (Å²) in [5, 5.41) is 5.83. The molecule has 3 aromatic rings. The zero-order chi connectivity index (χ0) is 13.9. The van der Waals surface area contributed by atoms with Gasteiger partial charge in [0.2, 0.25) is 0 Å². The van der Waals surface area contributed by atoms with E-state index in [1.807, 2.05) is 66.2 Å². The first kappa shape index (κ1) is 12.4. The van der Waals surface area contributed by atoms with Gasteiger partial charge in [0.15, 0.2) is 0 Å². The maximum atomic E-state index is 5.83. The minimum Gasteiger partial charge on any atom is -0.445 e. The van der Waals surface area contributed by atoms with Crippen LogP contribution in [0.25, 0.3) is 16.9 Å². The largest absolute Gasteiger partial charge is 0.445 e.